The number of ether oxygens (including phenoxy) is 1. The topological polar surface area (TPSA) is 67.9 Å². The number of aromatic nitrogens is 3. The number of halogens is 1. The molecule has 1 aromatic carbocycles. The molecule has 0 aliphatic heterocycles. The summed E-state index contributed by atoms with van der Waals surface area (Å²) in [7, 11) is 0. The fraction of sp³-hybridized carbons (Fsp3) is 0.364. The summed E-state index contributed by atoms with van der Waals surface area (Å²) in [5.41, 5.74) is 0.782. The van der Waals surface area contributed by atoms with E-state index in [0.717, 1.165) is 18.9 Å². The molecule has 6 heteroatoms. The van der Waals surface area contributed by atoms with Gasteiger partial charge in [-0.1, -0.05) is 0 Å². The molecule has 2 aromatic rings. The molecule has 0 atom stereocenters. The maximum absolute atomic E-state index is 13.3. The zero-order valence-electron chi connectivity index (χ0n) is 8.94. The molecule has 1 fully saturated rings. The molecule has 0 saturated heterocycles. The number of nitrogens with one attached hydrogen (secondary N) is 1. The summed E-state index contributed by atoms with van der Waals surface area (Å²) >= 11 is 0. The van der Waals surface area contributed by atoms with Crippen LogP contribution in [0.2, 0.25) is 0 Å². The summed E-state index contributed by atoms with van der Waals surface area (Å²) in [6.45, 7) is 0.398. The zero-order chi connectivity index (χ0) is 11.8. The van der Waals surface area contributed by atoms with E-state index in [1.807, 2.05) is 0 Å². The minimum atomic E-state index is -0.546. The molecule has 0 radical (unpaired) electrons. The van der Waals surface area contributed by atoms with Gasteiger partial charge in [-0.15, -0.1) is 0 Å². The van der Waals surface area contributed by atoms with Crippen LogP contribution in [0.4, 0.5) is 4.39 Å². The second kappa shape index (κ2) is 3.80. The number of hydrogen-bond donors (Lipinski definition) is 1. The summed E-state index contributed by atoms with van der Waals surface area (Å²) in [6, 6.07) is 2.34. The van der Waals surface area contributed by atoms with E-state index in [9.17, 15) is 9.18 Å². The van der Waals surface area contributed by atoms with Gasteiger partial charge in [0.05, 0.1) is 12.2 Å². The number of rotatable bonds is 3. The molecule has 0 unspecified atom stereocenters. The smallest absolute Gasteiger partial charge is 0.340 e. The molecule has 0 amide bonds. The number of fused-ring (bicyclic) bond motifs is 1. The second-order valence-corrected chi connectivity index (χ2v) is 4.19. The van der Waals surface area contributed by atoms with Crippen LogP contribution >= 0.6 is 0 Å². The van der Waals surface area contributed by atoms with Gasteiger partial charge in [-0.3, -0.25) is 0 Å². The van der Waals surface area contributed by atoms with Crippen LogP contribution in [-0.2, 0) is 4.74 Å². The summed E-state index contributed by atoms with van der Waals surface area (Å²) in [5.74, 6) is -0.597. The van der Waals surface area contributed by atoms with E-state index in [1.165, 1.54) is 6.07 Å². The van der Waals surface area contributed by atoms with Crippen molar-refractivity contribution in [3.63, 3.8) is 0 Å². The maximum atomic E-state index is 13.3. The van der Waals surface area contributed by atoms with Crippen LogP contribution in [0.15, 0.2) is 12.1 Å². The SMILES string of the molecule is O=C(OCC1CC1)c1cc(F)cc2n[nH]nc12. The first-order valence-electron chi connectivity index (χ1n) is 5.41. The lowest BCUT2D eigenvalue weighted by Crippen LogP contribution is -2.08. The largest absolute Gasteiger partial charge is 0.462 e. The molecule has 3 rings (SSSR count). The highest BCUT2D eigenvalue weighted by Gasteiger charge is 2.24. The molecule has 1 N–H and O–H groups in total. The van der Waals surface area contributed by atoms with E-state index in [2.05, 4.69) is 15.4 Å². The van der Waals surface area contributed by atoms with Crippen molar-refractivity contribution in [1.82, 2.24) is 15.4 Å². The third-order valence-electron chi connectivity index (χ3n) is 2.75. The molecule has 5 nitrogen and oxygen atoms in total. The highest BCUT2D eigenvalue weighted by Crippen LogP contribution is 2.29. The van der Waals surface area contributed by atoms with Gasteiger partial charge < -0.3 is 4.74 Å². The molecule has 1 aliphatic carbocycles. The van der Waals surface area contributed by atoms with Gasteiger partial charge in [0.15, 0.2) is 0 Å². The number of nitrogens with zero attached hydrogens (tertiary/aromatic N) is 2. The average molecular weight is 235 g/mol. The third kappa shape index (κ3) is 1.98. The number of carbonyl (C=O) groups excluding carboxylic acids is 1. The van der Waals surface area contributed by atoms with Crippen LogP contribution in [0.5, 0.6) is 0 Å². The van der Waals surface area contributed by atoms with E-state index in [-0.39, 0.29) is 5.56 Å². The number of H-pyrrole nitrogens is 1. The van der Waals surface area contributed by atoms with E-state index in [0.29, 0.717) is 23.6 Å². The van der Waals surface area contributed by atoms with Gasteiger partial charge in [0.25, 0.3) is 0 Å². The van der Waals surface area contributed by atoms with E-state index in [4.69, 9.17) is 4.74 Å². The highest BCUT2D eigenvalue weighted by molar-refractivity contribution is 6.01. The first kappa shape index (κ1) is 10.2. The fourth-order valence-electron chi connectivity index (χ4n) is 1.63. The van der Waals surface area contributed by atoms with Crippen molar-refractivity contribution in [2.45, 2.75) is 12.8 Å². The Morgan fingerprint density at radius 1 is 1.47 bits per heavy atom. The lowest BCUT2D eigenvalue weighted by atomic mass is 10.2. The Morgan fingerprint density at radius 2 is 2.29 bits per heavy atom. The predicted molar refractivity (Wildman–Crippen MR) is 56.9 cm³/mol. The molecule has 88 valence electrons. The molecular formula is C11H10FN3O2. The van der Waals surface area contributed by atoms with Crippen molar-refractivity contribution < 1.29 is 13.9 Å². The predicted octanol–water partition coefficient (Wildman–Crippen LogP) is 1.66. The monoisotopic (exact) mass is 235 g/mol. The van der Waals surface area contributed by atoms with Crippen LogP contribution in [-0.4, -0.2) is 28.0 Å². The minimum Gasteiger partial charge on any atom is -0.462 e. The van der Waals surface area contributed by atoms with E-state index >= 15 is 0 Å². The van der Waals surface area contributed by atoms with Crippen LogP contribution in [0, 0.1) is 11.7 Å². The molecule has 1 aliphatic rings. The van der Waals surface area contributed by atoms with Gasteiger partial charge >= 0.3 is 5.97 Å². The fourth-order valence-corrected chi connectivity index (χ4v) is 1.63. The Kier molecular flexibility index (Phi) is 2.28. The number of aromatic amines is 1. The molecular weight excluding hydrogens is 225 g/mol. The van der Waals surface area contributed by atoms with Gasteiger partial charge in [-0.25, -0.2) is 9.18 Å². The van der Waals surface area contributed by atoms with Crippen molar-refractivity contribution in [3.05, 3.63) is 23.5 Å². The highest BCUT2D eigenvalue weighted by atomic mass is 19.1. The number of esters is 1. The van der Waals surface area contributed by atoms with Crippen molar-refractivity contribution in [2.75, 3.05) is 6.61 Å². The van der Waals surface area contributed by atoms with Gasteiger partial charge in [0.2, 0.25) is 0 Å². The van der Waals surface area contributed by atoms with Crippen molar-refractivity contribution in [2.24, 2.45) is 5.92 Å². The first-order valence-corrected chi connectivity index (χ1v) is 5.41. The Hall–Kier alpha value is -1.98. The number of hydrogen-bond acceptors (Lipinski definition) is 4. The summed E-state index contributed by atoms with van der Waals surface area (Å²) in [5, 5.41) is 9.93. The normalized spacial score (nSPS) is 15.1. The lowest BCUT2D eigenvalue weighted by molar-refractivity contribution is 0.0487. The summed E-state index contributed by atoms with van der Waals surface area (Å²) < 4.78 is 18.4. The van der Waals surface area contributed by atoms with Crippen molar-refractivity contribution in [1.29, 1.82) is 0 Å². The molecule has 0 spiro atoms. The van der Waals surface area contributed by atoms with E-state index < -0.39 is 11.8 Å². The molecule has 1 heterocycles. The van der Waals surface area contributed by atoms with Crippen LogP contribution < -0.4 is 0 Å². The van der Waals surface area contributed by atoms with Crippen LogP contribution in [0.25, 0.3) is 11.0 Å². The second-order valence-electron chi connectivity index (χ2n) is 4.19. The molecule has 17 heavy (non-hydrogen) atoms. The Balaban J connectivity index is 1.91. The number of carbonyl (C=O) groups is 1. The lowest BCUT2D eigenvalue weighted by Gasteiger charge is -2.03. The van der Waals surface area contributed by atoms with E-state index in [1.54, 1.807) is 0 Å². The first-order chi connectivity index (χ1) is 8.24. The minimum absolute atomic E-state index is 0.120. The summed E-state index contributed by atoms with van der Waals surface area (Å²) in [6.07, 6.45) is 2.19. The molecule has 1 aromatic heterocycles. The average Bonchev–Trinajstić information content (AvgIpc) is 3.02. The quantitative estimate of drug-likeness (QED) is 0.821. The molecule has 0 bridgehead atoms. The van der Waals surface area contributed by atoms with Gasteiger partial charge in [0, 0.05) is 6.07 Å². The Bertz CT molecular complexity index is 577. The molecule has 1 saturated carbocycles. The van der Waals surface area contributed by atoms with Crippen molar-refractivity contribution >= 4 is 17.0 Å². The number of benzene rings is 1. The standard InChI is InChI=1S/C11H10FN3O2/c12-7-3-8(10-9(4-7)13-15-14-10)11(16)17-5-6-1-2-6/h3-4,6H,1-2,5H2,(H,13,14,15). The van der Waals surface area contributed by atoms with Crippen molar-refractivity contribution in [3.8, 4) is 0 Å². The van der Waals surface area contributed by atoms with Gasteiger partial charge in [-0.05, 0) is 24.8 Å². The van der Waals surface area contributed by atoms with Gasteiger partial charge in [-0.2, -0.15) is 15.4 Å². The zero-order valence-corrected chi connectivity index (χ0v) is 8.94. The summed E-state index contributed by atoms with van der Waals surface area (Å²) in [4.78, 5) is 11.8. The van der Waals surface area contributed by atoms with Gasteiger partial charge in [0.1, 0.15) is 16.9 Å². The Morgan fingerprint density at radius 3 is 3.06 bits per heavy atom. The third-order valence-corrected chi connectivity index (χ3v) is 2.75. The Labute approximate surface area is 96.0 Å². The van der Waals surface area contributed by atoms with Crippen LogP contribution in [0.1, 0.15) is 23.2 Å². The van der Waals surface area contributed by atoms with Crippen LogP contribution in [0.3, 0.4) is 0 Å². The maximum Gasteiger partial charge on any atom is 0.340 e.